The molecule has 35 heavy (non-hydrogen) atoms. The molecule has 5 rings (SSSR count). The van der Waals surface area contributed by atoms with Crippen LogP contribution in [-0.2, 0) is 6.42 Å². The molecule has 0 fully saturated rings. The lowest BCUT2D eigenvalue weighted by Crippen LogP contribution is -2.35. The number of aliphatic hydroxyl groups is 1. The molecule has 3 heterocycles. The number of hydrogen-bond donors (Lipinski definition) is 2. The van der Waals surface area contributed by atoms with Crippen molar-refractivity contribution in [3.05, 3.63) is 77.1 Å². The lowest BCUT2D eigenvalue weighted by molar-refractivity contribution is 0.258. The molecule has 1 aliphatic rings. The Labute approximate surface area is 199 Å². The average Bonchev–Trinajstić information content (AvgIpc) is 3.49. The minimum Gasteiger partial charge on any atom is -0.495 e. The summed E-state index contributed by atoms with van der Waals surface area (Å²) in [4.78, 5) is 6.07. The number of hydrogen-bond acceptors (Lipinski definition) is 5. The zero-order valence-corrected chi connectivity index (χ0v) is 19.2. The first-order chi connectivity index (χ1) is 16.9. The molecule has 0 amide bonds. The van der Waals surface area contributed by atoms with Gasteiger partial charge in [0.1, 0.15) is 5.75 Å². The molecule has 0 saturated heterocycles. The first-order valence-electron chi connectivity index (χ1n) is 11.2. The molecule has 2 aromatic carbocycles. The number of benzene rings is 2. The maximum atomic E-state index is 13.9. The Hall–Kier alpha value is -3.79. The quantitative estimate of drug-likeness (QED) is 0.396. The number of anilines is 1. The maximum Gasteiger partial charge on any atom is 0.194 e. The predicted octanol–water partition coefficient (Wildman–Crippen LogP) is 4.48. The van der Waals surface area contributed by atoms with Gasteiger partial charge in [0.05, 0.1) is 43.2 Å². The van der Waals surface area contributed by atoms with Crippen LogP contribution in [-0.4, -0.2) is 45.1 Å². The van der Waals surface area contributed by atoms with Crippen molar-refractivity contribution in [3.63, 3.8) is 0 Å². The van der Waals surface area contributed by atoms with Crippen molar-refractivity contribution >= 4 is 5.82 Å². The summed E-state index contributed by atoms with van der Waals surface area (Å²) in [6.45, 7) is 2.01. The molecule has 2 N–H and O–H groups in total. The second-order valence-corrected chi connectivity index (χ2v) is 8.50. The van der Waals surface area contributed by atoms with Crippen LogP contribution in [0.5, 0.6) is 5.75 Å². The third-order valence-electron chi connectivity index (χ3n) is 6.34. The van der Waals surface area contributed by atoms with Crippen molar-refractivity contribution in [1.82, 2.24) is 19.7 Å². The number of nitrogens with zero attached hydrogens (tertiary/aromatic N) is 4. The van der Waals surface area contributed by atoms with Crippen LogP contribution in [0, 0.1) is 24.4 Å². The van der Waals surface area contributed by atoms with E-state index in [9.17, 15) is 18.3 Å². The van der Waals surface area contributed by atoms with Crippen molar-refractivity contribution in [2.75, 3.05) is 25.2 Å². The van der Waals surface area contributed by atoms with Crippen LogP contribution in [0.15, 0.2) is 42.9 Å². The number of imidazole rings is 1. The fourth-order valence-electron chi connectivity index (χ4n) is 4.66. The number of aromatic amines is 1. The van der Waals surface area contributed by atoms with Gasteiger partial charge in [-0.2, -0.15) is 5.10 Å². The number of nitrogens with one attached hydrogen (secondary N) is 1. The van der Waals surface area contributed by atoms with Gasteiger partial charge in [-0.05, 0) is 49.6 Å². The van der Waals surface area contributed by atoms with Crippen LogP contribution in [0.4, 0.5) is 19.0 Å². The Morgan fingerprint density at radius 1 is 1.17 bits per heavy atom. The molecule has 0 unspecified atom stereocenters. The molecule has 7 nitrogen and oxygen atoms in total. The van der Waals surface area contributed by atoms with E-state index in [1.165, 1.54) is 0 Å². The second-order valence-electron chi connectivity index (χ2n) is 8.50. The van der Waals surface area contributed by atoms with Crippen LogP contribution in [0.3, 0.4) is 0 Å². The molecule has 1 aliphatic heterocycles. The molecular weight excluding hydrogens is 459 g/mol. The molecule has 0 radical (unpaired) electrons. The highest BCUT2D eigenvalue weighted by Gasteiger charge is 2.31. The largest absolute Gasteiger partial charge is 0.495 e. The number of H-pyrrole nitrogens is 1. The summed E-state index contributed by atoms with van der Waals surface area (Å²) in [7, 11) is 1.60. The van der Waals surface area contributed by atoms with Crippen molar-refractivity contribution < 1.29 is 23.0 Å². The molecular formula is C25H24F3N5O2. The summed E-state index contributed by atoms with van der Waals surface area (Å²) in [5.41, 5.74) is 4.45. The van der Waals surface area contributed by atoms with E-state index in [1.807, 2.05) is 35.9 Å². The lowest BCUT2D eigenvalue weighted by Gasteiger charge is -2.34. The third-order valence-corrected chi connectivity index (χ3v) is 6.34. The Morgan fingerprint density at radius 3 is 2.60 bits per heavy atom. The molecule has 182 valence electrons. The number of fused-ring (bicyclic) bond motifs is 1. The van der Waals surface area contributed by atoms with Gasteiger partial charge < -0.3 is 19.3 Å². The molecule has 1 atom stereocenters. The number of aliphatic hydroxyl groups excluding tert-OH is 1. The fourth-order valence-corrected chi connectivity index (χ4v) is 4.66. The Kier molecular flexibility index (Phi) is 5.98. The van der Waals surface area contributed by atoms with Gasteiger partial charge in [0.25, 0.3) is 0 Å². The van der Waals surface area contributed by atoms with Gasteiger partial charge in [-0.1, -0.05) is 6.07 Å². The Bertz CT molecular complexity index is 1360. The van der Waals surface area contributed by atoms with Gasteiger partial charge in [0.15, 0.2) is 23.3 Å². The number of rotatable bonds is 6. The molecule has 0 aliphatic carbocycles. The SMILES string of the molecule is COc1cc(-c2[nH]nc3c2CCCN3[C@@H](CO)c2cc(F)c(F)c(F)c2)ccc1-n1cnc(C)c1. The molecule has 0 saturated carbocycles. The van der Waals surface area contributed by atoms with E-state index in [-0.39, 0.29) is 5.56 Å². The fraction of sp³-hybridized carbons (Fsp3) is 0.280. The topological polar surface area (TPSA) is 79.2 Å². The lowest BCUT2D eigenvalue weighted by atomic mass is 9.97. The average molecular weight is 483 g/mol. The molecule has 0 bridgehead atoms. The molecule has 10 heteroatoms. The van der Waals surface area contributed by atoms with Gasteiger partial charge in [0, 0.05) is 23.9 Å². The Balaban J connectivity index is 1.52. The number of aromatic nitrogens is 4. The van der Waals surface area contributed by atoms with Crippen molar-refractivity contribution in [1.29, 1.82) is 0 Å². The van der Waals surface area contributed by atoms with Gasteiger partial charge in [0.2, 0.25) is 0 Å². The molecule has 0 spiro atoms. The minimum absolute atomic E-state index is 0.142. The van der Waals surface area contributed by atoms with Gasteiger partial charge in [-0.3, -0.25) is 5.10 Å². The van der Waals surface area contributed by atoms with Gasteiger partial charge >= 0.3 is 0 Å². The second kappa shape index (κ2) is 9.10. The molecule has 2 aromatic heterocycles. The first kappa shape index (κ1) is 23.0. The van der Waals surface area contributed by atoms with E-state index < -0.39 is 30.1 Å². The van der Waals surface area contributed by atoms with E-state index in [0.717, 1.165) is 53.2 Å². The van der Waals surface area contributed by atoms with E-state index >= 15 is 0 Å². The third kappa shape index (κ3) is 4.03. The van der Waals surface area contributed by atoms with Gasteiger partial charge in [-0.25, -0.2) is 18.2 Å². The van der Waals surface area contributed by atoms with Crippen LogP contribution < -0.4 is 9.64 Å². The highest BCUT2D eigenvalue weighted by atomic mass is 19.2. The number of ether oxygens (including phenoxy) is 1. The van der Waals surface area contributed by atoms with Crippen LogP contribution >= 0.6 is 0 Å². The summed E-state index contributed by atoms with van der Waals surface area (Å²) in [6, 6.07) is 6.85. The highest BCUT2D eigenvalue weighted by molar-refractivity contribution is 5.73. The molecule has 4 aromatic rings. The zero-order chi connectivity index (χ0) is 24.7. The summed E-state index contributed by atoms with van der Waals surface area (Å²) in [6.07, 6.45) is 5.10. The predicted molar refractivity (Wildman–Crippen MR) is 124 cm³/mol. The highest BCUT2D eigenvalue weighted by Crippen LogP contribution is 2.39. The number of halogens is 3. The normalized spacial score (nSPS) is 14.2. The maximum absolute atomic E-state index is 13.9. The first-order valence-corrected chi connectivity index (χ1v) is 11.2. The van der Waals surface area contributed by atoms with E-state index in [4.69, 9.17) is 4.74 Å². The monoisotopic (exact) mass is 483 g/mol. The van der Waals surface area contributed by atoms with Crippen molar-refractivity contribution in [2.24, 2.45) is 0 Å². The van der Waals surface area contributed by atoms with Crippen LogP contribution in [0.2, 0.25) is 0 Å². The smallest absolute Gasteiger partial charge is 0.194 e. The summed E-state index contributed by atoms with van der Waals surface area (Å²) >= 11 is 0. The summed E-state index contributed by atoms with van der Waals surface area (Å²) < 4.78 is 48.8. The van der Waals surface area contributed by atoms with Crippen LogP contribution in [0.1, 0.15) is 29.3 Å². The standard InChI is InChI=1S/C25H24F3N5O2/c1-14-11-32(13-29-14)20-6-5-15(10-22(20)35-2)24-17-4-3-7-33(25(17)31-30-24)21(12-34)16-8-18(26)23(28)19(27)9-16/h5-6,8-11,13,21,34H,3-4,7,12H2,1-2H3,(H,30,31)/t21-/m0/s1. The summed E-state index contributed by atoms with van der Waals surface area (Å²) in [5.74, 6) is -2.88. The Morgan fingerprint density at radius 2 is 1.94 bits per heavy atom. The minimum atomic E-state index is -1.53. The number of aryl methyl sites for hydroxylation is 1. The zero-order valence-electron chi connectivity index (χ0n) is 19.2. The van der Waals surface area contributed by atoms with Crippen molar-refractivity contribution in [3.8, 4) is 22.7 Å². The van der Waals surface area contributed by atoms with Gasteiger partial charge in [-0.15, -0.1) is 0 Å². The number of methoxy groups -OCH3 is 1. The van der Waals surface area contributed by atoms with Crippen molar-refractivity contribution in [2.45, 2.75) is 25.8 Å². The van der Waals surface area contributed by atoms with E-state index in [0.29, 0.717) is 18.1 Å². The van der Waals surface area contributed by atoms with Crippen LogP contribution in [0.25, 0.3) is 16.9 Å². The van der Waals surface area contributed by atoms with E-state index in [1.54, 1.807) is 18.3 Å². The summed E-state index contributed by atoms with van der Waals surface area (Å²) in [5, 5.41) is 17.7. The van der Waals surface area contributed by atoms with E-state index in [2.05, 4.69) is 15.2 Å².